The Hall–Kier alpha value is -3.27. The third-order valence-corrected chi connectivity index (χ3v) is 5.31. The van der Waals surface area contributed by atoms with Gasteiger partial charge in [-0.3, -0.25) is 4.79 Å². The molecule has 0 spiro atoms. The van der Waals surface area contributed by atoms with E-state index in [1.807, 2.05) is 12.1 Å². The molecule has 0 aliphatic rings. The van der Waals surface area contributed by atoms with Crippen molar-refractivity contribution in [3.05, 3.63) is 94.5 Å². The van der Waals surface area contributed by atoms with Gasteiger partial charge in [-0.2, -0.15) is 5.26 Å². The number of anilines is 1. The van der Waals surface area contributed by atoms with Crippen LogP contribution in [0.15, 0.2) is 77.7 Å². The first-order chi connectivity index (χ1) is 14.5. The van der Waals surface area contributed by atoms with E-state index >= 15 is 0 Å². The van der Waals surface area contributed by atoms with Gasteiger partial charge in [0.05, 0.1) is 22.9 Å². The van der Waals surface area contributed by atoms with Crippen molar-refractivity contribution in [1.29, 1.82) is 5.26 Å². The van der Waals surface area contributed by atoms with Crippen molar-refractivity contribution < 1.29 is 14.3 Å². The highest BCUT2D eigenvalue weighted by atomic mass is 35.5. The predicted molar refractivity (Wildman–Crippen MR) is 118 cm³/mol. The van der Waals surface area contributed by atoms with Gasteiger partial charge in [0.15, 0.2) is 0 Å². The van der Waals surface area contributed by atoms with Crippen molar-refractivity contribution >= 4 is 40.9 Å². The molecule has 3 aromatic rings. The molecule has 0 aliphatic carbocycles. The first-order valence-corrected chi connectivity index (χ1v) is 10.3. The number of esters is 1. The van der Waals surface area contributed by atoms with Crippen molar-refractivity contribution in [2.75, 3.05) is 11.1 Å². The summed E-state index contributed by atoms with van der Waals surface area (Å²) in [5.74, 6) is -0.604. The van der Waals surface area contributed by atoms with Gasteiger partial charge in [-0.05, 0) is 48.0 Å². The molecule has 3 aromatic carbocycles. The Kier molecular flexibility index (Phi) is 7.50. The number of carbonyl (C=O) groups excluding carboxylic acids is 2. The van der Waals surface area contributed by atoms with Gasteiger partial charge in [-0.25, -0.2) is 4.79 Å². The van der Waals surface area contributed by atoms with Crippen LogP contribution in [0, 0.1) is 11.3 Å². The summed E-state index contributed by atoms with van der Waals surface area (Å²) in [6.45, 7) is 0.105. The van der Waals surface area contributed by atoms with Crippen LogP contribution in [0.3, 0.4) is 0 Å². The number of carbonyl (C=O) groups is 2. The number of amides is 1. The molecule has 0 saturated heterocycles. The number of halogens is 1. The SMILES string of the molecule is N#Cc1cccc(NC(=O)CSc2ccccc2C(=O)OCc2cccc(Cl)c2)c1. The summed E-state index contributed by atoms with van der Waals surface area (Å²) < 4.78 is 5.40. The van der Waals surface area contributed by atoms with E-state index in [1.54, 1.807) is 66.7 Å². The fraction of sp³-hybridized carbons (Fsp3) is 0.0870. The number of nitrogens with zero attached hydrogens (tertiary/aromatic N) is 1. The third kappa shape index (κ3) is 6.11. The number of nitriles is 1. The first-order valence-electron chi connectivity index (χ1n) is 8.98. The van der Waals surface area contributed by atoms with Crippen molar-refractivity contribution in [1.82, 2.24) is 0 Å². The van der Waals surface area contributed by atoms with E-state index in [0.717, 1.165) is 5.56 Å². The number of nitrogens with one attached hydrogen (secondary N) is 1. The average molecular weight is 437 g/mol. The second-order valence-corrected chi connectivity index (χ2v) is 7.69. The van der Waals surface area contributed by atoms with Crippen LogP contribution < -0.4 is 5.32 Å². The maximum atomic E-state index is 12.5. The van der Waals surface area contributed by atoms with Gasteiger partial charge in [-0.1, -0.05) is 41.9 Å². The van der Waals surface area contributed by atoms with Gasteiger partial charge in [0.2, 0.25) is 5.91 Å². The van der Waals surface area contributed by atoms with E-state index in [9.17, 15) is 9.59 Å². The largest absolute Gasteiger partial charge is 0.457 e. The van der Waals surface area contributed by atoms with Crippen molar-refractivity contribution in [3.8, 4) is 6.07 Å². The Morgan fingerprint density at radius 2 is 1.83 bits per heavy atom. The number of hydrogen-bond acceptors (Lipinski definition) is 5. The van der Waals surface area contributed by atoms with Crippen LogP contribution in [0.25, 0.3) is 0 Å². The van der Waals surface area contributed by atoms with Crippen molar-refractivity contribution in [2.45, 2.75) is 11.5 Å². The summed E-state index contributed by atoms with van der Waals surface area (Å²) in [4.78, 5) is 25.4. The van der Waals surface area contributed by atoms with Crippen LogP contribution >= 0.6 is 23.4 Å². The molecule has 0 atom stereocenters. The Morgan fingerprint density at radius 1 is 1.03 bits per heavy atom. The van der Waals surface area contributed by atoms with Crippen LogP contribution in [-0.2, 0) is 16.1 Å². The molecule has 5 nitrogen and oxygen atoms in total. The van der Waals surface area contributed by atoms with Crippen molar-refractivity contribution in [2.24, 2.45) is 0 Å². The molecule has 7 heteroatoms. The highest BCUT2D eigenvalue weighted by Gasteiger charge is 2.14. The van der Waals surface area contributed by atoms with Gasteiger partial charge in [-0.15, -0.1) is 11.8 Å². The molecule has 1 amide bonds. The lowest BCUT2D eigenvalue weighted by Crippen LogP contribution is -2.14. The quantitative estimate of drug-likeness (QED) is 0.401. The summed E-state index contributed by atoms with van der Waals surface area (Å²) in [6, 6.07) is 22.8. The highest BCUT2D eigenvalue weighted by Crippen LogP contribution is 2.24. The molecule has 0 bridgehead atoms. The first kappa shape index (κ1) is 21.4. The number of thioether (sulfide) groups is 1. The third-order valence-electron chi connectivity index (χ3n) is 4.00. The molecule has 0 heterocycles. The van der Waals surface area contributed by atoms with Gasteiger partial charge in [0.1, 0.15) is 6.61 Å². The Bertz CT molecular complexity index is 1110. The van der Waals surface area contributed by atoms with Crippen LogP contribution in [0.5, 0.6) is 0 Å². The van der Waals surface area contributed by atoms with Gasteiger partial charge in [0, 0.05) is 15.6 Å². The van der Waals surface area contributed by atoms with E-state index in [1.165, 1.54) is 11.8 Å². The summed E-state index contributed by atoms with van der Waals surface area (Å²) in [7, 11) is 0. The van der Waals surface area contributed by atoms with Crippen molar-refractivity contribution in [3.63, 3.8) is 0 Å². The molecule has 0 radical (unpaired) electrons. The fourth-order valence-corrected chi connectivity index (χ4v) is 3.67. The van der Waals surface area contributed by atoms with Crippen LogP contribution in [0.2, 0.25) is 5.02 Å². The zero-order valence-corrected chi connectivity index (χ0v) is 17.4. The average Bonchev–Trinajstić information content (AvgIpc) is 2.76. The summed E-state index contributed by atoms with van der Waals surface area (Å²) in [5.41, 5.74) is 2.20. The standard InChI is InChI=1S/C23H17ClN2O3S/c24-18-7-3-6-17(11-18)14-29-23(28)20-9-1-2-10-21(20)30-15-22(27)26-19-8-4-5-16(12-19)13-25/h1-12H,14-15H2,(H,26,27). The normalized spacial score (nSPS) is 10.1. The van der Waals surface area contributed by atoms with E-state index < -0.39 is 5.97 Å². The summed E-state index contributed by atoms with van der Waals surface area (Å²) >= 11 is 7.19. The minimum absolute atomic E-state index is 0.105. The molecule has 0 unspecified atom stereocenters. The van der Waals surface area contributed by atoms with Crippen LogP contribution in [0.1, 0.15) is 21.5 Å². The van der Waals surface area contributed by atoms with Crippen LogP contribution in [-0.4, -0.2) is 17.6 Å². The second kappa shape index (κ2) is 10.5. The summed E-state index contributed by atoms with van der Waals surface area (Å²) in [5, 5.41) is 12.3. The van der Waals surface area contributed by atoms with E-state index in [0.29, 0.717) is 26.7 Å². The Balaban J connectivity index is 1.59. The smallest absolute Gasteiger partial charge is 0.339 e. The number of hydrogen-bond donors (Lipinski definition) is 1. The lowest BCUT2D eigenvalue weighted by atomic mass is 10.2. The predicted octanol–water partition coefficient (Wildman–Crippen LogP) is 5.30. The fourth-order valence-electron chi connectivity index (χ4n) is 2.62. The minimum Gasteiger partial charge on any atom is -0.457 e. The number of benzene rings is 3. The van der Waals surface area contributed by atoms with E-state index in [-0.39, 0.29) is 18.3 Å². The molecule has 0 aliphatic heterocycles. The molecular weight excluding hydrogens is 420 g/mol. The molecule has 0 fully saturated rings. The maximum Gasteiger partial charge on any atom is 0.339 e. The lowest BCUT2D eigenvalue weighted by molar-refractivity contribution is -0.113. The molecular formula is C23H17ClN2O3S. The van der Waals surface area contributed by atoms with Crippen LogP contribution in [0.4, 0.5) is 5.69 Å². The lowest BCUT2D eigenvalue weighted by Gasteiger charge is -2.10. The molecule has 30 heavy (non-hydrogen) atoms. The zero-order chi connectivity index (χ0) is 21.3. The maximum absolute atomic E-state index is 12.5. The molecule has 0 aromatic heterocycles. The van der Waals surface area contributed by atoms with Gasteiger partial charge >= 0.3 is 5.97 Å². The number of rotatable bonds is 7. The molecule has 0 saturated carbocycles. The molecule has 3 rings (SSSR count). The van der Waals surface area contributed by atoms with Gasteiger partial charge in [0.25, 0.3) is 0 Å². The summed E-state index contributed by atoms with van der Waals surface area (Å²) in [6.07, 6.45) is 0. The topological polar surface area (TPSA) is 79.2 Å². The monoisotopic (exact) mass is 436 g/mol. The van der Waals surface area contributed by atoms with E-state index in [4.69, 9.17) is 21.6 Å². The Morgan fingerprint density at radius 3 is 2.63 bits per heavy atom. The molecule has 150 valence electrons. The zero-order valence-electron chi connectivity index (χ0n) is 15.8. The van der Waals surface area contributed by atoms with Gasteiger partial charge < -0.3 is 10.1 Å². The number of ether oxygens (including phenoxy) is 1. The highest BCUT2D eigenvalue weighted by molar-refractivity contribution is 8.00. The van der Waals surface area contributed by atoms with E-state index in [2.05, 4.69) is 5.32 Å². The second-order valence-electron chi connectivity index (χ2n) is 6.23. The minimum atomic E-state index is -0.472. The molecule has 1 N–H and O–H groups in total. The Labute approximate surface area is 183 Å².